The van der Waals surface area contributed by atoms with E-state index < -0.39 is 24.5 Å². The van der Waals surface area contributed by atoms with Crippen LogP contribution in [-0.4, -0.2) is 46.2 Å². The number of fused-ring (bicyclic) bond motifs is 1. The number of carboxylic acids is 1. The molecule has 1 atom stereocenters. The molecule has 0 aliphatic carbocycles. The van der Waals surface area contributed by atoms with Gasteiger partial charge in [0.05, 0.1) is 17.0 Å². The van der Waals surface area contributed by atoms with E-state index in [1.54, 1.807) is 6.08 Å². The third-order valence-electron chi connectivity index (χ3n) is 2.27. The number of hydrogen-bond donors (Lipinski definition) is 3. The summed E-state index contributed by atoms with van der Waals surface area (Å²) < 4.78 is 0. The van der Waals surface area contributed by atoms with Crippen molar-refractivity contribution in [3.05, 3.63) is 24.0 Å². The summed E-state index contributed by atoms with van der Waals surface area (Å²) >= 11 is 0. The predicted octanol–water partition coefficient (Wildman–Crippen LogP) is -1.15. The van der Waals surface area contributed by atoms with Crippen LogP contribution in [0.5, 0.6) is 0 Å². The Morgan fingerprint density at radius 3 is 2.88 bits per heavy atom. The third-order valence-corrected chi connectivity index (χ3v) is 2.27. The molecule has 17 heavy (non-hydrogen) atoms. The molecular weight excluding hydrogens is 226 g/mol. The minimum Gasteiger partial charge on any atom is -0.480 e. The number of aliphatic hydroxyl groups is 1. The number of nitrogens with zero attached hydrogens (tertiary/aromatic N) is 2. The molecule has 0 spiro atoms. The van der Waals surface area contributed by atoms with Gasteiger partial charge in [-0.15, -0.1) is 0 Å². The molecule has 0 saturated heterocycles. The molecule has 3 N–H and O–H groups in total. The first-order valence-electron chi connectivity index (χ1n) is 4.80. The molecule has 0 aromatic carbocycles. The maximum absolute atomic E-state index is 11.6. The average Bonchev–Trinajstić information content (AvgIpc) is 2.75. The van der Waals surface area contributed by atoms with Crippen LogP contribution in [-0.2, 0) is 9.59 Å². The lowest BCUT2D eigenvalue weighted by atomic mass is 10.00. The molecule has 7 nitrogen and oxygen atoms in total. The van der Waals surface area contributed by atoms with E-state index in [4.69, 9.17) is 5.11 Å². The summed E-state index contributed by atoms with van der Waals surface area (Å²) in [5.41, 5.74) is 0.790. The highest BCUT2D eigenvalue weighted by Crippen LogP contribution is 2.16. The van der Waals surface area contributed by atoms with Crippen molar-refractivity contribution in [1.29, 1.82) is 0 Å². The molecule has 7 heteroatoms. The summed E-state index contributed by atoms with van der Waals surface area (Å²) in [5.74, 6) is -1.83. The van der Waals surface area contributed by atoms with Gasteiger partial charge in [0, 0.05) is 12.4 Å². The van der Waals surface area contributed by atoms with Crippen molar-refractivity contribution in [2.45, 2.75) is 6.10 Å². The number of aliphatic hydroxyl groups excluding tert-OH is 1. The molecule has 2 rings (SSSR count). The van der Waals surface area contributed by atoms with Gasteiger partial charge in [0.25, 0.3) is 5.91 Å². The zero-order chi connectivity index (χ0) is 12.4. The monoisotopic (exact) mass is 235 g/mol. The normalized spacial score (nSPS) is 21.2. The maximum atomic E-state index is 11.6. The van der Waals surface area contributed by atoms with Crippen molar-refractivity contribution in [1.82, 2.24) is 5.32 Å². The lowest BCUT2D eigenvalue weighted by Gasteiger charge is -2.17. The Morgan fingerprint density at radius 2 is 2.18 bits per heavy atom. The Bertz CT molecular complexity index is 502. The standard InChI is InChI=1S/C10H9N3O4/c14-7(15)4-13-10(17)5-3-12-6-1-2-11-8(6)9(5)16/h1-3,9,16H,4H2,(H,13,17)(H,14,15). The number of carbonyl (C=O) groups excluding carboxylic acids is 1. The number of carboxylic acid groups (broad SMARTS) is 1. The van der Waals surface area contributed by atoms with Crippen LogP contribution >= 0.6 is 0 Å². The molecule has 0 fully saturated rings. The number of nitrogens with one attached hydrogen (secondary N) is 1. The molecule has 0 aromatic rings. The summed E-state index contributed by atoms with van der Waals surface area (Å²) in [4.78, 5) is 29.7. The lowest BCUT2D eigenvalue weighted by Crippen LogP contribution is -2.39. The molecule has 2 heterocycles. The Kier molecular flexibility index (Phi) is 2.84. The number of aliphatic imine (C=N–C) groups is 2. The summed E-state index contributed by atoms with van der Waals surface area (Å²) in [5, 5.41) is 20.4. The highest BCUT2D eigenvalue weighted by atomic mass is 16.4. The number of carbonyl (C=O) groups is 2. The summed E-state index contributed by atoms with van der Waals surface area (Å²) in [6, 6.07) is 0. The quantitative estimate of drug-likeness (QED) is 0.573. The van der Waals surface area contributed by atoms with E-state index in [2.05, 4.69) is 15.3 Å². The highest BCUT2D eigenvalue weighted by Gasteiger charge is 2.30. The fourth-order valence-electron chi connectivity index (χ4n) is 1.46. The van der Waals surface area contributed by atoms with Crippen molar-refractivity contribution < 1.29 is 19.8 Å². The second-order valence-electron chi connectivity index (χ2n) is 3.41. The molecular formula is C10H9N3O4. The first-order valence-corrected chi connectivity index (χ1v) is 4.80. The van der Waals surface area contributed by atoms with Gasteiger partial charge in [0.15, 0.2) is 0 Å². The van der Waals surface area contributed by atoms with Gasteiger partial charge in [-0.3, -0.25) is 19.6 Å². The second kappa shape index (κ2) is 4.30. The minimum atomic E-state index is -1.17. The molecule has 0 aromatic heterocycles. The molecule has 1 unspecified atom stereocenters. The van der Waals surface area contributed by atoms with Crippen LogP contribution in [0.15, 0.2) is 34.0 Å². The van der Waals surface area contributed by atoms with Gasteiger partial charge in [-0.2, -0.15) is 0 Å². The summed E-state index contributed by atoms with van der Waals surface area (Å²) in [6.45, 7) is -0.510. The average molecular weight is 235 g/mol. The van der Waals surface area contributed by atoms with E-state index in [-0.39, 0.29) is 5.57 Å². The Balaban J connectivity index is 2.12. The van der Waals surface area contributed by atoms with Crippen LogP contribution in [0.3, 0.4) is 0 Å². The Morgan fingerprint density at radius 1 is 1.41 bits per heavy atom. The van der Waals surface area contributed by atoms with E-state index >= 15 is 0 Å². The van der Waals surface area contributed by atoms with Crippen molar-refractivity contribution in [3.63, 3.8) is 0 Å². The molecule has 2 aliphatic heterocycles. The lowest BCUT2D eigenvalue weighted by molar-refractivity contribution is -0.137. The minimum absolute atomic E-state index is 0.0162. The topological polar surface area (TPSA) is 111 Å². The fraction of sp³-hybridized carbons (Fsp3) is 0.200. The first kappa shape index (κ1) is 11.2. The number of amides is 1. The highest BCUT2D eigenvalue weighted by molar-refractivity contribution is 6.51. The number of aliphatic carboxylic acids is 1. The first-order chi connectivity index (χ1) is 8.09. The van der Waals surface area contributed by atoms with Gasteiger partial charge >= 0.3 is 5.97 Å². The Hall–Kier alpha value is -2.28. The fourth-order valence-corrected chi connectivity index (χ4v) is 1.46. The van der Waals surface area contributed by atoms with Gasteiger partial charge in [-0.25, -0.2) is 0 Å². The van der Waals surface area contributed by atoms with Gasteiger partial charge in [0.2, 0.25) is 0 Å². The number of allylic oxidation sites excluding steroid dienone is 1. The number of rotatable bonds is 3. The van der Waals surface area contributed by atoms with Gasteiger partial charge < -0.3 is 15.5 Å². The zero-order valence-corrected chi connectivity index (χ0v) is 8.62. The predicted molar refractivity (Wildman–Crippen MR) is 58.7 cm³/mol. The van der Waals surface area contributed by atoms with Crippen LogP contribution in [0, 0.1) is 0 Å². The summed E-state index contributed by atoms with van der Waals surface area (Å²) in [7, 11) is 0. The summed E-state index contributed by atoms with van der Waals surface area (Å²) in [6.07, 6.45) is 3.13. The van der Waals surface area contributed by atoms with Crippen molar-refractivity contribution >= 4 is 23.3 Å². The molecule has 1 amide bonds. The maximum Gasteiger partial charge on any atom is 0.322 e. The van der Waals surface area contributed by atoms with Crippen molar-refractivity contribution in [2.75, 3.05) is 6.54 Å². The van der Waals surface area contributed by atoms with Crippen LogP contribution in [0.2, 0.25) is 0 Å². The molecule has 0 radical (unpaired) electrons. The molecule has 0 saturated carbocycles. The molecule has 2 aliphatic rings. The smallest absolute Gasteiger partial charge is 0.322 e. The SMILES string of the molecule is O=C(O)CNC(=O)C1=CN=C2C=CN=C2C1O. The van der Waals surface area contributed by atoms with Crippen molar-refractivity contribution in [3.8, 4) is 0 Å². The van der Waals surface area contributed by atoms with E-state index in [9.17, 15) is 14.7 Å². The van der Waals surface area contributed by atoms with Crippen LogP contribution < -0.4 is 5.32 Å². The van der Waals surface area contributed by atoms with E-state index in [0.717, 1.165) is 0 Å². The van der Waals surface area contributed by atoms with E-state index in [1.807, 2.05) is 0 Å². The molecule has 88 valence electrons. The zero-order valence-electron chi connectivity index (χ0n) is 8.62. The van der Waals surface area contributed by atoms with E-state index in [0.29, 0.717) is 11.4 Å². The molecule has 0 bridgehead atoms. The third kappa shape index (κ3) is 2.13. The Labute approximate surface area is 95.9 Å². The second-order valence-corrected chi connectivity index (χ2v) is 3.41. The van der Waals surface area contributed by atoms with Crippen LogP contribution in [0.4, 0.5) is 0 Å². The van der Waals surface area contributed by atoms with Crippen LogP contribution in [0.25, 0.3) is 0 Å². The largest absolute Gasteiger partial charge is 0.480 e. The van der Waals surface area contributed by atoms with Gasteiger partial charge in [-0.1, -0.05) is 0 Å². The number of hydrogen-bond acceptors (Lipinski definition) is 5. The van der Waals surface area contributed by atoms with Crippen molar-refractivity contribution in [2.24, 2.45) is 9.98 Å². The van der Waals surface area contributed by atoms with E-state index in [1.165, 1.54) is 12.4 Å². The van der Waals surface area contributed by atoms with Crippen LogP contribution in [0.1, 0.15) is 0 Å². The van der Waals surface area contributed by atoms with Gasteiger partial charge in [0.1, 0.15) is 12.6 Å². The van der Waals surface area contributed by atoms with Gasteiger partial charge in [-0.05, 0) is 6.08 Å².